The summed E-state index contributed by atoms with van der Waals surface area (Å²) in [5.41, 5.74) is 1.97. The molecular weight excluding hydrogens is 462 g/mol. The average molecular weight is 470 g/mol. The molecule has 98 valence electrons. The summed E-state index contributed by atoms with van der Waals surface area (Å²) in [5, 5.41) is 1.20. The van der Waals surface area contributed by atoms with Crippen LogP contribution in [0.3, 0.4) is 0 Å². The molecule has 0 N–H and O–H groups in total. The van der Waals surface area contributed by atoms with Gasteiger partial charge in [-0.3, -0.25) is 0 Å². The van der Waals surface area contributed by atoms with Crippen LogP contribution in [0.2, 0.25) is 10.2 Å². The minimum atomic E-state index is 0.523. The van der Waals surface area contributed by atoms with Crippen LogP contribution in [0.4, 0.5) is 0 Å². The number of aromatic nitrogens is 2. The molecular formula is C13H8BrCl2IN2. The Labute approximate surface area is 143 Å². The second kappa shape index (κ2) is 5.47. The van der Waals surface area contributed by atoms with E-state index in [0.29, 0.717) is 21.9 Å². The first kappa shape index (κ1) is 14.0. The Morgan fingerprint density at radius 3 is 2.58 bits per heavy atom. The number of hydrogen-bond acceptors (Lipinski definition) is 2. The molecule has 19 heavy (non-hydrogen) atoms. The summed E-state index contributed by atoms with van der Waals surface area (Å²) in [6.45, 7) is 0. The molecule has 0 saturated heterocycles. The van der Waals surface area contributed by atoms with Crippen molar-refractivity contribution in [3.63, 3.8) is 0 Å². The lowest BCUT2D eigenvalue weighted by Crippen LogP contribution is -2.00. The van der Waals surface area contributed by atoms with Gasteiger partial charge in [-0.1, -0.05) is 23.2 Å². The zero-order valence-corrected chi connectivity index (χ0v) is 14.9. The van der Waals surface area contributed by atoms with Gasteiger partial charge in [-0.05, 0) is 69.6 Å². The normalized spacial score (nSPS) is 14.7. The van der Waals surface area contributed by atoms with Crippen molar-refractivity contribution in [2.24, 2.45) is 0 Å². The molecule has 0 amide bonds. The predicted molar refractivity (Wildman–Crippen MR) is 89.9 cm³/mol. The van der Waals surface area contributed by atoms with Crippen LogP contribution in [-0.2, 0) is 0 Å². The Morgan fingerprint density at radius 1 is 1.21 bits per heavy atom. The van der Waals surface area contributed by atoms with Gasteiger partial charge < -0.3 is 0 Å². The highest BCUT2D eigenvalue weighted by molar-refractivity contribution is 14.1. The van der Waals surface area contributed by atoms with E-state index in [2.05, 4.69) is 48.5 Å². The highest BCUT2D eigenvalue weighted by Crippen LogP contribution is 2.43. The predicted octanol–water partition coefficient (Wildman–Crippen LogP) is 5.69. The smallest absolute Gasteiger partial charge is 0.162 e. The Hall–Kier alpha value is 0.0900. The zero-order chi connectivity index (χ0) is 13.6. The molecule has 2 aromatic rings. The number of halogens is 4. The summed E-state index contributed by atoms with van der Waals surface area (Å²) in [6.07, 6.45) is 2.37. The van der Waals surface area contributed by atoms with Gasteiger partial charge >= 0.3 is 0 Å². The molecule has 2 nitrogen and oxygen atoms in total. The van der Waals surface area contributed by atoms with Crippen molar-refractivity contribution in [1.29, 1.82) is 0 Å². The van der Waals surface area contributed by atoms with Crippen molar-refractivity contribution < 1.29 is 0 Å². The summed E-state index contributed by atoms with van der Waals surface area (Å²) in [4.78, 5) is 9.06. The second-order valence-electron chi connectivity index (χ2n) is 4.44. The number of benzene rings is 1. The Balaban J connectivity index is 2.14. The number of nitrogens with zero attached hydrogens (tertiary/aromatic N) is 2. The first-order valence-corrected chi connectivity index (χ1v) is 8.37. The van der Waals surface area contributed by atoms with Gasteiger partial charge in [0, 0.05) is 21.0 Å². The minimum Gasteiger partial charge on any atom is -0.232 e. The lowest BCUT2D eigenvalue weighted by molar-refractivity contribution is 0.977. The van der Waals surface area contributed by atoms with E-state index < -0.39 is 0 Å². The van der Waals surface area contributed by atoms with Gasteiger partial charge in [-0.2, -0.15) is 0 Å². The summed E-state index contributed by atoms with van der Waals surface area (Å²) in [7, 11) is 0. The molecule has 1 fully saturated rings. The molecule has 3 rings (SSSR count). The maximum Gasteiger partial charge on any atom is 0.162 e. The highest BCUT2D eigenvalue weighted by Gasteiger charge is 2.29. The zero-order valence-electron chi connectivity index (χ0n) is 9.63. The molecule has 1 aromatic heterocycles. The van der Waals surface area contributed by atoms with Gasteiger partial charge in [-0.25, -0.2) is 9.97 Å². The van der Waals surface area contributed by atoms with Crippen molar-refractivity contribution in [2.45, 2.75) is 18.8 Å². The van der Waals surface area contributed by atoms with Crippen LogP contribution in [0.1, 0.15) is 24.5 Å². The first-order chi connectivity index (χ1) is 9.06. The number of rotatable bonds is 2. The van der Waals surface area contributed by atoms with E-state index in [1.807, 2.05) is 18.2 Å². The number of hydrogen-bond donors (Lipinski definition) is 0. The van der Waals surface area contributed by atoms with Crippen LogP contribution in [0, 0.1) is 3.57 Å². The van der Waals surface area contributed by atoms with Crippen LogP contribution in [-0.4, -0.2) is 9.97 Å². The lowest BCUT2D eigenvalue weighted by atomic mass is 10.2. The quantitative estimate of drug-likeness (QED) is 0.417. The maximum absolute atomic E-state index is 6.22. The SMILES string of the molecule is Clc1ccc(-c2nc(Cl)c(I)c(C3CC3)n2)c(Br)c1. The molecule has 6 heteroatoms. The van der Waals surface area contributed by atoms with Crippen molar-refractivity contribution >= 4 is 61.7 Å². The van der Waals surface area contributed by atoms with E-state index >= 15 is 0 Å². The van der Waals surface area contributed by atoms with Gasteiger partial charge in [0.25, 0.3) is 0 Å². The Morgan fingerprint density at radius 2 is 1.95 bits per heavy atom. The topological polar surface area (TPSA) is 25.8 Å². The fourth-order valence-electron chi connectivity index (χ4n) is 1.85. The Bertz CT molecular complexity index is 659. The summed E-state index contributed by atoms with van der Waals surface area (Å²) >= 11 is 17.9. The van der Waals surface area contributed by atoms with Crippen molar-refractivity contribution in [1.82, 2.24) is 9.97 Å². The lowest BCUT2D eigenvalue weighted by Gasteiger charge is -2.09. The van der Waals surface area contributed by atoms with Crippen LogP contribution < -0.4 is 0 Å². The Kier molecular flexibility index (Phi) is 4.04. The third kappa shape index (κ3) is 2.91. The van der Waals surface area contributed by atoms with Crippen molar-refractivity contribution in [2.75, 3.05) is 0 Å². The first-order valence-electron chi connectivity index (χ1n) is 5.74. The van der Waals surface area contributed by atoms with E-state index in [9.17, 15) is 0 Å². The monoisotopic (exact) mass is 468 g/mol. The van der Waals surface area contributed by atoms with E-state index in [0.717, 1.165) is 19.3 Å². The van der Waals surface area contributed by atoms with Crippen LogP contribution in [0.25, 0.3) is 11.4 Å². The van der Waals surface area contributed by atoms with E-state index in [-0.39, 0.29) is 0 Å². The van der Waals surface area contributed by atoms with Gasteiger partial charge in [-0.15, -0.1) is 0 Å². The van der Waals surface area contributed by atoms with Crippen LogP contribution in [0.5, 0.6) is 0 Å². The van der Waals surface area contributed by atoms with E-state index in [1.165, 1.54) is 12.8 Å². The fourth-order valence-corrected chi connectivity index (χ4v) is 3.57. The fraction of sp³-hybridized carbons (Fsp3) is 0.231. The maximum atomic E-state index is 6.22. The molecule has 0 aliphatic heterocycles. The van der Waals surface area contributed by atoms with Crippen molar-refractivity contribution in [3.8, 4) is 11.4 Å². The van der Waals surface area contributed by atoms with Gasteiger partial charge in [0.15, 0.2) is 5.82 Å². The van der Waals surface area contributed by atoms with Crippen molar-refractivity contribution in [3.05, 3.63) is 42.1 Å². The third-order valence-electron chi connectivity index (χ3n) is 2.97. The minimum absolute atomic E-state index is 0.523. The molecule has 0 unspecified atom stereocenters. The van der Waals surface area contributed by atoms with Gasteiger partial charge in [0.05, 0.1) is 9.26 Å². The standard InChI is InChI=1S/C13H8BrCl2IN2/c14-9-5-7(15)3-4-8(9)13-18-11(6-1-2-6)10(17)12(16)19-13/h3-6H,1-2H2. The molecule has 1 aromatic carbocycles. The van der Waals surface area contributed by atoms with E-state index in [4.69, 9.17) is 23.2 Å². The highest BCUT2D eigenvalue weighted by atomic mass is 127. The summed E-state index contributed by atoms with van der Waals surface area (Å²) in [6, 6.07) is 5.57. The molecule has 1 aliphatic carbocycles. The largest absolute Gasteiger partial charge is 0.232 e. The van der Waals surface area contributed by atoms with Gasteiger partial charge in [0.2, 0.25) is 0 Å². The molecule has 0 atom stereocenters. The third-order valence-corrected chi connectivity index (χ3v) is 5.52. The molecule has 0 bridgehead atoms. The molecule has 1 aliphatic rings. The van der Waals surface area contributed by atoms with Crippen LogP contribution in [0.15, 0.2) is 22.7 Å². The van der Waals surface area contributed by atoms with Crippen LogP contribution >= 0.6 is 61.7 Å². The molecule has 1 heterocycles. The summed E-state index contributed by atoms with van der Waals surface area (Å²) < 4.78 is 1.84. The summed E-state index contributed by atoms with van der Waals surface area (Å²) in [5.74, 6) is 1.19. The molecule has 0 radical (unpaired) electrons. The van der Waals surface area contributed by atoms with E-state index in [1.54, 1.807) is 0 Å². The molecule has 1 saturated carbocycles. The average Bonchev–Trinajstić information content (AvgIpc) is 3.17. The molecule has 0 spiro atoms. The van der Waals surface area contributed by atoms with Gasteiger partial charge in [0.1, 0.15) is 5.15 Å². The second-order valence-corrected chi connectivity index (χ2v) is 7.16.